The Hall–Kier alpha value is -1.25. The van der Waals surface area contributed by atoms with Gasteiger partial charge in [0.2, 0.25) is 0 Å². The lowest BCUT2D eigenvalue weighted by atomic mass is 10.0. The summed E-state index contributed by atoms with van der Waals surface area (Å²) in [6.45, 7) is 5.70. The Labute approximate surface area is 288 Å². The molecule has 0 aliphatic carbocycles. The number of phosphoric ester groups is 1. The molecule has 0 bridgehead atoms. The number of carbonyl (C=O) groups excluding carboxylic acids is 2. The molecule has 0 aromatic heterocycles. The van der Waals surface area contributed by atoms with Gasteiger partial charge in [-0.05, 0) is 25.7 Å². The molecule has 0 rings (SSSR count). The molecule has 47 heavy (non-hydrogen) atoms. The highest BCUT2D eigenvalue weighted by molar-refractivity contribution is 7.45. The van der Waals surface area contributed by atoms with Crippen LogP contribution in [0, 0.1) is 0 Å². The third-order valence-corrected chi connectivity index (χ3v) is 9.15. The molecule has 0 aliphatic heterocycles. The van der Waals surface area contributed by atoms with Crippen molar-refractivity contribution in [1.29, 1.82) is 0 Å². The first kappa shape index (κ1) is 45.8. The summed E-state index contributed by atoms with van der Waals surface area (Å²) < 4.78 is 33.6. The quantitative estimate of drug-likeness (QED) is 0.0213. The van der Waals surface area contributed by atoms with Gasteiger partial charge < -0.3 is 27.9 Å². The van der Waals surface area contributed by atoms with Crippen molar-refractivity contribution in [3.63, 3.8) is 0 Å². The van der Waals surface area contributed by atoms with Crippen molar-refractivity contribution in [2.75, 3.05) is 47.5 Å². The number of likely N-dealkylation sites (N-methyl/N-ethyl adjacent to an activating group) is 1. The standard InChI is InChI=1S/C37H72NO8P/c1-6-8-10-12-14-16-17-18-19-20-21-22-24-25-27-29-36(39)43-33-35(34-45-47(41,42)44-32-31-38(3,4)5)46-37(40)30-28-26-23-15-13-11-9-7-2/h6,35H,1,7-34H2,2-5H3/t35-/m0/s1. The molecular formula is C37H72NO8P. The minimum absolute atomic E-state index is 0.0287. The van der Waals surface area contributed by atoms with Crippen LogP contribution < -0.4 is 4.89 Å². The van der Waals surface area contributed by atoms with Crippen molar-refractivity contribution < 1.29 is 42.1 Å². The summed E-state index contributed by atoms with van der Waals surface area (Å²) in [6, 6.07) is 0. The molecule has 0 amide bonds. The lowest BCUT2D eigenvalue weighted by Crippen LogP contribution is -2.37. The minimum Gasteiger partial charge on any atom is -0.756 e. The molecular weight excluding hydrogens is 617 g/mol. The van der Waals surface area contributed by atoms with Crippen molar-refractivity contribution in [2.45, 2.75) is 167 Å². The number of quaternary nitrogens is 1. The number of rotatable bonds is 35. The summed E-state index contributed by atoms with van der Waals surface area (Å²) >= 11 is 0. The SMILES string of the molecule is C=CCCCCCCCCCCCCCCCC(=O)OC[C@@H](COP(=O)([O-])OCC[N+](C)(C)C)OC(=O)CCCCCCCCCC. The van der Waals surface area contributed by atoms with Crippen molar-refractivity contribution in [2.24, 2.45) is 0 Å². The third-order valence-electron chi connectivity index (χ3n) is 8.18. The fourth-order valence-electron chi connectivity index (χ4n) is 5.16. The maximum Gasteiger partial charge on any atom is 0.306 e. The molecule has 2 atom stereocenters. The zero-order chi connectivity index (χ0) is 35.1. The number of allylic oxidation sites excluding steroid dienone is 1. The number of nitrogens with zero attached hydrogens (tertiary/aromatic N) is 1. The van der Waals surface area contributed by atoms with Crippen LogP contribution in [-0.2, 0) is 32.7 Å². The van der Waals surface area contributed by atoms with Gasteiger partial charge in [-0.25, -0.2) is 0 Å². The van der Waals surface area contributed by atoms with E-state index in [0.29, 0.717) is 17.4 Å². The molecule has 0 fully saturated rings. The normalized spacial score (nSPS) is 13.6. The Bertz CT molecular complexity index is 817. The summed E-state index contributed by atoms with van der Waals surface area (Å²) in [5, 5.41) is 0. The Balaban J connectivity index is 4.33. The van der Waals surface area contributed by atoms with Crippen LogP contribution in [0.15, 0.2) is 12.7 Å². The molecule has 9 nitrogen and oxygen atoms in total. The summed E-state index contributed by atoms with van der Waals surface area (Å²) in [7, 11) is 1.17. The van der Waals surface area contributed by atoms with Gasteiger partial charge in [0.15, 0.2) is 6.10 Å². The third kappa shape index (κ3) is 34.4. The summed E-state index contributed by atoms with van der Waals surface area (Å²) in [5.74, 6) is -0.838. The molecule has 1 unspecified atom stereocenters. The van der Waals surface area contributed by atoms with E-state index < -0.39 is 26.5 Å². The van der Waals surface area contributed by atoms with Crippen molar-refractivity contribution in [3.05, 3.63) is 12.7 Å². The second-order valence-electron chi connectivity index (χ2n) is 14.0. The van der Waals surface area contributed by atoms with Crippen molar-refractivity contribution in [3.8, 4) is 0 Å². The smallest absolute Gasteiger partial charge is 0.306 e. The second-order valence-corrected chi connectivity index (χ2v) is 15.4. The highest BCUT2D eigenvalue weighted by Gasteiger charge is 2.21. The van der Waals surface area contributed by atoms with Gasteiger partial charge in [0.1, 0.15) is 19.8 Å². The Morgan fingerprint density at radius 1 is 0.681 bits per heavy atom. The van der Waals surface area contributed by atoms with Crippen LogP contribution in [0.1, 0.15) is 161 Å². The average molecular weight is 690 g/mol. The van der Waals surface area contributed by atoms with Gasteiger partial charge in [-0.15, -0.1) is 6.58 Å². The van der Waals surface area contributed by atoms with Crippen LogP contribution in [0.5, 0.6) is 0 Å². The molecule has 0 spiro atoms. The number of hydrogen-bond donors (Lipinski definition) is 0. The predicted molar refractivity (Wildman–Crippen MR) is 190 cm³/mol. The Morgan fingerprint density at radius 2 is 1.13 bits per heavy atom. The monoisotopic (exact) mass is 689 g/mol. The van der Waals surface area contributed by atoms with Crippen LogP contribution in [0.3, 0.4) is 0 Å². The summed E-state index contributed by atoms with van der Waals surface area (Å²) in [4.78, 5) is 37.2. The van der Waals surface area contributed by atoms with E-state index in [1.54, 1.807) is 0 Å². The largest absolute Gasteiger partial charge is 0.756 e. The summed E-state index contributed by atoms with van der Waals surface area (Å²) in [6.07, 6.45) is 27.1. The van der Waals surface area contributed by atoms with E-state index in [4.69, 9.17) is 18.5 Å². The van der Waals surface area contributed by atoms with E-state index in [-0.39, 0.29) is 32.0 Å². The first-order valence-electron chi connectivity index (χ1n) is 18.9. The fourth-order valence-corrected chi connectivity index (χ4v) is 5.89. The van der Waals surface area contributed by atoms with Crippen molar-refractivity contribution in [1.82, 2.24) is 0 Å². The van der Waals surface area contributed by atoms with Crippen molar-refractivity contribution >= 4 is 19.8 Å². The van der Waals surface area contributed by atoms with Crippen LogP contribution in [0.2, 0.25) is 0 Å². The number of ether oxygens (including phenoxy) is 2. The first-order valence-corrected chi connectivity index (χ1v) is 20.3. The highest BCUT2D eigenvalue weighted by atomic mass is 31.2. The molecule has 0 N–H and O–H groups in total. The van der Waals surface area contributed by atoms with E-state index in [1.165, 1.54) is 89.9 Å². The maximum absolute atomic E-state index is 12.5. The van der Waals surface area contributed by atoms with Gasteiger partial charge in [-0.3, -0.25) is 14.2 Å². The molecule has 0 saturated heterocycles. The Morgan fingerprint density at radius 3 is 1.60 bits per heavy atom. The topological polar surface area (TPSA) is 111 Å². The molecule has 0 aromatic carbocycles. The summed E-state index contributed by atoms with van der Waals surface area (Å²) in [5.41, 5.74) is 0. The molecule has 0 heterocycles. The molecule has 278 valence electrons. The minimum atomic E-state index is -4.61. The van der Waals surface area contributed by atoms with Gasteiger partial charge >= 0.3 is 11.9 Å². The average Bonchev–Trinajstić information content (AvgIpc) is 3.01. The first-order chi connectivity index (χ1) is 22.5. The van der Waals surface area contributed by atoms with E-state index in [1.807, 2.05) is 27.2 Å². The maximum atomic E-state index is 12.5. The van der Waals surface area contributed by atoms with E-state index >= 15 is 0 Å². The molecule has 10 heteroatoms. The number of esters is 2. The predicted octanol–water partition coefficient (Wildman–Crippen LogP) is 9.22. The number of unbranched alkanes of at least 4 members (excludes halogenated alkanes) is 20. The second kappa shape index (κ2) is 30.8. The van der Waals surface area contributed by atoms with Gasteiger partial charge in [-0.2, -0.15) is 0 Å². The van der Waals surface area contributed by atoms with Crippen LogP contribution in [0.4, 0.5) is 0 Å². The molecule has 0 saturated carbocycles. The van der Waals surface area contributed by atoms with E-state index in [2.05, 4.69) is 13.5 Å². The molecule has 0 radical (unpaired) electrons. The fraction of sp³-hybridized carbons (Fsp3) is 0.892. The van der Waals surface area contributed by atoms with Crippen LogP contribution in [-0.4, -0.2) is 70.0 Å². The van der Waals surface area contributed by atoms with Gasteiger partial charge in [0.05, 0.1) is 27.7 Å². The lowest BCUT2D eigenvalue weighted by molar-refractivity contribution is -0.870. The van der Waals surface area contributed by atoms with Gasteiger partial charge in [-0.1, -0.05) is 129 Å². The van der Waals surface area contributed by atoms with Crippen LogP contribution >= 0.6 is 7.82 Å². The van der Waals surface area contributed by atoms with Crippen LogP contribution in [0.25, 0.3) is 0 Å². The number of hydrogen-bond acceptors (Lipinski definition) is 8. The Kier molecular flexibility index (Phi) is 30.0. The van der Waals surface area contributed by atoms with Gasteiger partial charge in [0, 0.05) is 12.8 Å². The number of phosphoric acid groups is 1. The van der Waals surface area contributed by atoms with E-state index in [9.17, 15) is 19.0 Å². The zero-order valence-electron chi connectivity index (χ0n) is 30.8. The van der Waals surface area contributed by atoms with E-state index in [0.717, 1.165) is 44.9 Å². The molecule has 0 aromatic rings. The number of carbonyl (C=O) groups is 2. The molecule has 0 aliphatic rings. The lowest BCUT2D eigenvalue weighted by Gasteiger charge is -2.28. The van der Waals surface area contributed by atoms with Gasteiger partial charge in [0.25, 0.3) is 7.82 Å². The highest BCUT2D eigenvalue weighted by Crippen LogP contribution is 2.38. The zero-order valence-corrected chi connectivity index (χ0v) is 31.7.